The van der Waals surface area contributed by atoms with Crippen molar-refractivity contribution in [3.63, 3.8) is 0 Å². The first-order valence-electron chi connectivity index (χ1n) is 10.9. The third kappa shape index (κ3) is 7.73. The van der Waals surface area contributed by atoms with Gasteiger partial charge in [0.25, 0.3) is 5.91 Å². The van der Waals surface area contributed by atoms with Crippen LogP contribution in [0.15, 0.2) is 47.7 Å². The maximum atomic E-state index is 12.8. The third-order valence-electron chi connectivity index (χ3n) is 5.11. The maximum Gasteiger partial charge on any atom is 0.416 e. The molecule has 1 aliphatic rings. The van der Waals surface area contributed by atoms with Crippen molar-refractivity contribution in [3.05, 3.63) is 53.9 Å². The summed E-state index contributed by atoms with van der Waals surface area (Å²) in [5.41, 5.74) is -1.04. The second-order valence-corrected chi connectivity index (χ2v) is 9.10. The number of aliphatic imine (C=N–C) groups is 1. The topological polar surface area (TPSA) is 91.3 Å². The Labute approximate surface area is 191 Å². The average Bonchev–Trinajstić information content (AvgIpc) is 2.74. The predicted octanol–water partition coefficient (Wildman–Crippen LogP) is 4.39. The minimum atomic E-state index is -4.45. The van der Waals surface area contributed by atoms with Crippen LogP contribution in [0.3, 0.4) is 0 Å². The lowest BCUT2D eigenvalue weighted by atomic mass is 9.91. The highest BCUT2D eigenvalue weighted by Crippen LogP contribution is 2.29. The molecule has 3 rings (SSSR count). The number of nitrogens with one attached hydrogen (secondary N) is 3. The molecule has 3 N–H and O–H groups in total. The first kappa shape index (κ1) is 24.5. The fourth-order valence-corrected chi connectivity index (χ4v) is 3.53. The molecule has 0 saturated heterocycles. The molecule has 1 aliphatic carbocycles. The summed E-state index contributed by atoms with van der Waals surface area (Å²) < 4.78 is 38.4. The molecule has 0 aliphatic heterocycles. The molecule has 1 saturated carbocycles. The Balaban J connectivity index is 1.64. The molecule has 1 amide bonds. The van der Waals surface area contributed by atoms with Gasteiger partial charge < -0.3 is 10.6 Å². The smallest absolute Gasteiger partial charge is 0.351 e. The Bertz CT molecular complexity index is 947. The highest BCUT2D eigenvalue weighted by atomic mass is 19.4. The largest absolute Gasteiger partial charge is 0.416 e. The lowest BCUT2D eigenvalue weighted by molar-refractivity contribution is -0.137. The normalized spacial score (nSPS) is 19.6. The van der Waals surface area contributed by atoms with Crippen molar-refractivity contribution in [1.82, 2.24) is 20.6 Å². The van der Waals surface area contributed by atoms with Crippen LogP contribution < -0.4 is 16.0 Å². The van der Waals surface area contributed by atoms with Gasteiger partial charge in [-0.2, -0.15) is 13.2 Å². The number of alkyl halides is 3. The number of nitrogens with zero attached hydrogens (tertiary/aromatic N) is 3. The van der Waals surface area contributed by atoms with Crippen molar-refractivity contribution in [2.24, 2.45) is 4.99 Å². The SMILES string of the molecule is CC(C)(C)NC(=NC1CCC(Nc2ncccn2)CC1)NC(=O)c1ccc(C(F)(F)F)cc1. The Morgan fingerprint density at radius 2 is 1.61 bits per heavy atom. The second-order valence-electron chi connectivity index (χ2n) is 9.10. The molecule has 1 aromatic carbocycles. The average molecular weight is 463 g/mol. The first-order valence-corrected chi connectivity index (χ1v) is 10.9. The maximum absolute atomic E-state index is 12.8. The van der Waals surface area contributed by atoms with Gasteiger partial charge in [0.15, 0.2) is 5.96 Å². The zero-order chi connectivity index (χ0) is 24.1. The molecular formula is C23H29F3N6O. The van der Waals surface area contributed by atoms with Crippen molar-refractivity contribution in [1.29, 1.82) is 0 Å². The van der Waals surface area contributed by atoms with Crippen molar-refractivity contribution >= 4 is 17.8 Å². The van der Waals surface area contributed by atoms with E-state index < -0.39 is 17.6 Å². The van der Waals surface area contributed by atoms with Gasteiger partial charge >= 0.3 is 6.18 Å². The molecule has 0 spiro atoms. The van der Waals surface area contributed by atoms with Crippen LogP contribution >= 0.6 is 0 Å². The number of aromatic nitrogens is 2. The molecule has 2 aromatic rings. The minimum absolute atomic E-state index is 0.0116. The number of anilines is 1. The Morgan fingerprint density at radius 1 is 1.00 bits per heavy atom. The van der Waals surface area contributed by atoms with Crippen molar-refractivity contribution < 1.29 is 18.0 Å². The molecular weight excluding hydrogens is 433 g/mol. The summed E-state index contributed by atoms with van der Waals surface area (Å²) in [6, 6.07) is 6.14. The quantitative estimate of drug-likeness (QED) is 0.463. The van der Waals surface area contributed by atoms with Gasteiger partial charge in [-0.15, -0.1) is 0 Å². The minimum Gasteiger partial charge on any atom is -0.351 e. The lowest BCUT2D eigenvalue weighted by Crippen LogP contribution is -2.50. The van der Waals surface area contributed by atoms with E-state index in [2.05, 4.69) is 25.9 Å². The molecule has 1 aromatic heterocycles. The summed E-state index contributed by atoms with van der Waals surface area (Å²) in [5, 5.41) is 9.25. The van der Waals surface area contributed by atoms with Gasteiger partial charge in [-0.25, -0.2) is 15.0 Å². The number of carbonyl (C=O) groups is 1. The highest BCUT2D eigenvalue weighted by Gasteiger charge is 2.30. The van der Waals surface area contributed by atoms with E-state index in [1.807, 2.05) is 20.8 Å². The molecule has 1 fully saturated rings. The monoisotopic (exact) mass is 462 g/mol. The van der Waals surface area contributed by atoms with Gasteiger partial charge in [0.05, 0.1) is 11.6 Å². The van der Waals surface area contributed by atoms with E-state index >= 15 is 0 Å². The molecule has 33 heavy (non-hydrogen) atoms. The molecule has 7 nitrogen and oxygen atoms in total. The summed E-state index contributed by atoms with van der Waals surface area (Å²) >= 11 is 0. The number of halogens is 3. The zero-order valence-electron chi connectivity index (χ0n) is 18.9. The number of hydrogen-bond acceptors (Lipinski definition) is 5. The molecule has 178 valence electrons. The van der Waals surface area contributed by atoms with E-state index in [-0.39, 0.29) is 23.2 Å². The molecule has 0 bridgehead atoms. The van der Waals surface area contributed by atoms with Gasteiger partial charge in [0.1, 0.15) is 0 Å². The van der Waals surface area contributed by atoms with E-state index in [0.717, 1.165) is 49.9 Å². The highest BCUT2D eigenvalue weighted by molar-refractivity contribution is 6.05. The predicted molar refractivity (Wildman–Crippen MR) is 121 cm³/mol. The molecule has 1 heterocycles. The van der Waals surface area contributed by atoms with Crippen LogP contribution in [-0.2, 0) is 6.18 Å². The Hall–Kier alpha value is -3.17. The lowest BCUT2D eigenvalue weighted by Gasteiger charge is -2.29. The van der Waals surface area contributed by atoms with Crippen LogP contribution in [0.25, 0.3) is 0 Å². The van der Waals surface area contributed by atoms with E-state index in [0.29, 0.717) is 11.9 Å². The molecule has 0 unspecified atom stereocenters. The molecule has 0 atom stereocenters. The number of guanidine groups is 1. The van der Waals surface area contributed by atoms with E-state index in [9.17, 15) is 18.0 Å². The zero-order valence-corrected chi connectivity index (χ0v) is 18.9. The molecule has 10 heteroatoms. The van der Waals surface area contributed by atoms with Crippen molar-refractivity contribution in [3.8, 4) is 0 Å². The third-order valence-corrected chi connectivity index (χ3v) is 5.11. The summed E-state index contributed by atoms with van der Waals surface area (Å²) in [6.07, 6.45) is 2.32. The van der Waals surface area contributed by atoms with Crippen molar-refractivity contribution in [2.45, 2.75) is 70.3 Å². The van der Waals surface area contributed by atoms with Gasteiger partial charge in [-0.1, -0.05) is 0 Å². The Kier molecular flexibility index (Phi) is 7.55. The summed E-state index contributed by atoms with van der Waals surface area (Å²) in [7, 11) is 0. The van der Waals surface area contributed by atoms with Crippen LogP contribution in [0.4, 0.5) is 19.1 Å². The van der Waals surface area contributed by atoms with Gasteiger partial charge in [-0.3, -0.25) is 10.1 Å². The van der Waals surface area contributed by atoms with Crippen LogP contribution in [0, 0.1) is 0 Å². The van der Waals surface area contributed by atoms with E-state index in [4.69, 9.17) is 4.99 Å². The van der Waals surface area contributed by atoms with Crippen LogP contribution in [-0.4, -0.2) is 39.5 Å². The number of hydrogen-bond donors (Lipinski definition) is 3. The fourth-order valence-electron chi connectivity index (χ4n) is 3.53. The first-order chi connectivity index (χ1) is 15.5. The molecule has 0 radical (unpaired) electrons. The van der Waals surface area contributed by atoms with Crippen LogP contribution in [0.1, 0.15) is 62.4 Å². The number of carbonyl (C=O) groups excluding carboxylic acids is 1. The fraction of sp³-hybridized carbons (Fsp3) is 0.478. The van der Waals surface area contributed by atoms with Gasteiger partial charge in [0.2, 0.25) is 5.95 Å². The van der Waals surface area contributed by atoms with E-state index in [1.54, 1.807) is 18.5 Å². The van der Waals surface area contributed by atoms with Gasteiger partial charge in [0, 0.05) is 29.5 Å². The summed E-state index contributed by atoms with van der Waals surface area (Å²) in [5.74, 6) is 0.398. The standard InChI is InChI=1S/C23H29F3N6O/c1-22(2,3)32-21(31-19(33)15-5-7-16(8-6-15)23(24,25)26)30-18-11-9-17(10-12-18)29-20-27-13-4-14-28-20/h4-8,13-14,17-18H,9-12H2,1-3H3,(H,27,28,29)(H2,30,31,32,33). The number of rotatable bonds is 4. The van der Waals surface area contributed by atoms with Crippen LogP contribution in [0.5, 0.6) is 0 Å². The summed E-state index contributed by atoms with van der Waals surface area (Å²) in [6.45, 7) is 5.81. The second kappa shape index (κ2) is 10.2. The number of amides is 1. The number of benzene rings is 1. The van der Waals surface area contributed by atoms with E-state index in [1.165, 1.54) is 0 Å². The summed E-state index contributed by atoms with van der Waals surface area (Å²) in [4.78, 5) is 25.8. The van der Waals surface area contributed by atoms with Crippen molar-refractivity contribution in [2.75, 3.05) is 5.32 Å². The van der Waals surface area contributed by atoms with Crippen LogP contribution in [0.2, 0.25) is 0 Å². The Morgan fingerprint density at radius 3 is 2.15 bits per heavy atom. The van der Waals surface area contributed by atoms with Gasteiger partial charge in [-0.05, 0) is 76.8 Å².